The number of benzene rings is 1. The smallest absolute Gasteiger partial charge is 0.449 e. The highest BCUT2D eigenvalue weighted by Gasteiger charge is 2.38. The van der Waals surface area contributed by atoms with Gasteiger partial charge in [-0.05, 0) is 26.7 Å². The Kier molecular flexibility index (Phi) is 19.1. The Balaban J connectivity index is 1.62. The molecule has 3 amide bonds. The minimum Gasteiger partial charge on any atom is -0.449 e. The van der Waals surface area contributed by atoms with Crippen LogP contribution in [0.2, 0.25) is 0 Å². The molecule has 1 aromatic heterocycles. The van der Waals surface area contributed by atoms with E-state index in [2.05, 4.69) is 10.3 Å². The van der Waals surface area contributed by atoms with Crippen LogP contribution in [0.1, 0.15) is 50.5 Å². The quantitative estimate of drug-likeness (QED) is 0.0807. The molecule has 2 saturated heterocycles. The molecule has 2 aliphatic rings. The minimum absolute atomic E-state index is 0.0393. The van der Waals surface area contributed by atoms with Gasteiger partial charge in [0.1, 0.15) is 30.8 Å². The van der Waals surface area contributed by atoms with E-state index in [0.29, 0.717) is 30.9 Å². The van der Waals surface area contributed by atoms with Crippen LogP contribution in [0.4, 0.5) is 20.2 Å². The first kappa shape index (κ1) is 46.6. The SMILES string of the molecule is CCCCOC(=O)N1CCN(C(=O)[C@H](CP(=O)(OCCOC(=O)OCC)OCCOC(=O)OCC)NC(=O)c2cc(N3CC[C@H](OC)C3)nc(-c3ccccc3)n2)CC1. The topological polar surface area (TPSA) is 224 Å². The number of ether oxygens (including phenoxy) is 6. The summed E-state index contributed by atoms with van der Waals surface area (Å²) in [6, 6.07) is 9.05. The molecule has 21 heteroatoms. The monoisotopic (exact) mass is 850 g/mol. The van der Waals surface area contributed by atoms with E-state index in [9.17, 15) is 28.5 Å². The van der Waals surface area contributed by atoms with Crippen molar-refractivity contribution < 1.29 is 66.0 Å². The van der Waals surface area contributed by atoms with Gasteiger partial charge in [0.25, 0.3) is 5.91 Å². The molecule has 0 bridgehead atoms. The summed E-state index contributed by atoms with van der Waals surface area (Å²) < 4.78 is 56.0. The van der Waals surface area contributed by atoms with E-state index in [1.54, 1.807) is 33.1 Å². The molecule has 0 saturated carbocycles. The maximum atomic E-state index is 14.4. The summed E-state index contributed by atoms with van der Waals surface area (Å²) in [5.41, 5.74) is 0.570. The number of carbonyl (C=O) groups is 5. The molecule has 1 N–H and O–H groups in total. The molecular weight excluding hydrogens is 795 g/mol. The van der Waals surface area contributed by atoms with Gasteiger partial charge in [0, 0.05) is 58.0 Å². The second-order valence-corrected chi connectivity index (χ2v) is 15.3. The van der Waals surface area contributed by atoms with Crippen LogP contribution in [-0.2, 0) is 46.8 Å². The molecule has 0 unspecified atom stereocenters. The lowest BCUT2D eigenvalue weighted by molar-refractivity contribution is -0.134. The first-order valence-electron chi connectivity index (χ1n) is 19.7. The Labute approximate surface area is 343 Å². The Morgan fingerprint density at radius 1 is 0.797 bits per heavy atom. The van der Waals surface area contributed by atoms with Crippen LogP contribution in [0.3, 0.4) is 0 Å². The molecule has 0 spiro atoms. The Hall–Kier alpha value is -5.04. The van der Waals surface area contributed by atoms with Gasteiger partial charge >= 0.3 is 26.0 Å². The molecule has 2 aliphatic heterocycles. The number of piperazine rings is 1. The molecule has 59 heavy (non-hydrogen) atoms. The van der Waals surface area contributed by atoms with Crippen molar-refractivity contribution in [2.75, 3.05) is 104 Å². The number of anilines is 1. The normalized spacial score (nSPS) is 15.9. The van der Waals surface area contributed by atoms with Crippen LogP contribution < -0.4 is 10.2 Å². The molecule has 3 heterocycles. The van der Waals surface area contributed by atoms with E-state index in [-0.39, 0.29) is 76.8 Å². The van der Waals surface area contributed by atoms with Gasteiger partial charge in [-0.25, -0.2) is 24.4 Å². The second-order valence-electron chi connectivity index (χ2n) is 13.2. The summed E-state index contributed by atoms with van der Waals surface area (Å²) in [6.07, 6.45) is -0.875. The molecular formula is C38H55N6O14P. The summed E-state index contributed by atoms with van der Waals surface area (Å²) in [6.45, 7) is 5.47. The lowest BCUT2D eigenvalue weighted by Crippen LogP contribution is -2.57. The number of nitrogens with zero attached hydrogens (tertiary/aromatic N) is 5. The average Bonchev–Trinajstić information content (AvgIpc) is 3.74. The van der Waals surface area contributed by atoms with E-state index < -0.39 is 63.2 Å². The van der Waals surface area contributed by atoms with Crippen molar-refractivity contribution in [1.82, 2.24) is 25.1 Å². The fourth-order valence-electron chi connectivity index (χ4n) is 5.99. The summed E-state index contributed by atoms with van der Waals surface area (Å²) in [5, 5.41) is 2.71. The van der Waals surface area contributed by atoms with E-state index in [4.69, 9.17) is 42.5 Å². The van der Waals surface area contributed by atoms with Gasteiger partial charge in [0.2, 0.25) is 5.91 Å². The van der Waals surface area contributed by atoms with Crippen molar-refractivity contribution in [1.29, 1.82) is 0 Å². The zero-order valence-corrected chi connectivity index (χ0v) is 34.9. The lowest BCUT2D eigenvalue weighted by atomic mass is 10.2. The number of amides is 3. The highest BCUT2D eigenvalue weighted by molar-refractivity contribution is 7.54. The van der Waals surface area contributed by atoms with Crippen LogP contribution in [0.5, 0.6) is 0 Å². The summed E-state index contributed by atoms with van der Waals surface area (Å²) in [7, 11) is -2.75. The number of methoxy groups -OCH3 is 1. The lowest BCUT2D eigenvalue weighted by Gasteiger charge is -2.36. The molecule has 2 atom stereocenters. The van der Waals surface area contributed by atoms with Crippen molar-refractivity contribution >= 4 is 43.6 Å². The summed E-state index contributed by atoms with van der Waals surface area (Å²) in [4.78, 5) is 79.0. The van der Waals surface area contributed by atoms with Crippen molar-refractivity contribution in [3.05, 3.63) is 42.1 Å². The van der Waals surface area contributed by atoms with Crippen molar-refractivity contribution in [3.8, 4) is 11.4 Å². The minimum atomic E-state index is -4.38. The fraction of sp³-hybridized carbons (Fsp3) is 0.605. The Bertz CT molecular complexity index is 1700. The third-order valence-corrected chi connectivity index (χ3v) is 11.0. The number of rotatable bonds is 21. The van der Waals surface area contributed by atoms with E-state index >= 15 is 0 Å². The van der Waals surface area contributed by atoms with Gasteiger partial charge < -0.3 is 57.5 Å². The molecule has 20 nitrogen and oxygen atoms in total. The Morgan fingerprint density at radius 3 is 2.00 bits per heavy atom. The molecule has 1 aromatic carbocycles. The van der Waals surface area contributed by atoms with Crippen LogP contribution in [0, 0.1) is 0 Å². The number of nitrogens with one attached hydrogen (secondary N) is 1. The van der Waals surface area contributed by atoms with E-state index in [1.165, 1.54) is 15.9 Å². The first-order chi connectivity index (χ1) is 28.5. The third-order valence-electron chi connectivity index (χ3n) is 9.07. The van der Waals surface area contributed by atoms with E-state index in [1.807, 2.05) is 30.0 Å². The second kappa shape index (κ2) is 24.1. The summed E-state index contributed by atoms with van der Waals surface area (Å²) in [5.74, 6) is -0.698. The predicted octanol–water partition coefficient (Wildman–Crippen LogP) is 4.12. The molecule has 2 fully saturated rings. The van der Waals surface area contributed by atoms with Gasteiger partial charge in [0.05, 0.1) is 45.3 Å². The maximum absolute atomic E-state index is 14.4. The Morgan fingerprint density at radius 2 is 1.42 bits per heavy atom. The van der Waals surface area contributed by atoms with Crippen LogP contribution in [-0.4, -0.2) is 161 Å². The van der Waals surface area contributed by atoms with Crippen molar-refractivity contribution in [2.24, 2.45) is 0 Å². The molecule has 0 radical (unpaired) electrons. The van der Waals surface area contributed by atoms with Crippen molar-refractivity contribution in [3.63, 3.8) is 0 Å². The van der Waals surface area contributed by atoms with Gasteiger partial charge in [-0.2, -0.15) is 0 Å². The van der Waals surface area contributed by atoms with Crippen LogP contribution >= 0.6 is 7.60 Å². The highest BCUT2D eigenvalue weighted by Crippen LogP contribution is 2.49. The van der Waals surface area contributed by atoms with Crippen LogP contribution in [0.25, 0.3) is 11.4 Å². The number of unbranched alkanes of at least 4 members (excludes halogenated alkanes) is 1. The maximum Gasteiger partial charge on any atom is 0.508 e. The number of carbonyl (C=O) groups excluding carboxylic acids is 5. The average molecular weight is 851 g/mol. The van der Waals surface area contributed by atoms with Crippen LogP contribution in [0.15, 0.2) is 36.4 Å². The number of hydrogen-bond acceptors (Lipinski definition) is 17. The third kappa shape index (κ3) is 14.9. The van der Waals surface area contributed by atoms with E-state index in [0.717, 1.165) is 12.8 Å². The molecule has 4 rings (SSSR count). The van der Waals surface area contributed by atoms with Gasteiger partial charge in [-0.3, -0.25) is 14.2 Å². The largest absolute Gasteiger partial charge is 0.508 e. The zero-order chi connectivity index (χ0) is 42.6. The fourth-order valence-corrected chi connectivity index (χ4v) is 7.67. The standard InChI is InChI=1S/C38H55N6O14P/c1-5-8-20-54-36(47)43-18-16-42(17-19-43)35(46)31(27-59(50,57-23-21-55-37(48)52-6-2)58-24-22-56-38(49)53-7-3)40-34(45)30-25-32(44-15-14-29(26-44)51-4)41-33(39-30)28-12-10-9-11-13-28/h9-13,25,29,31H,5-8,14-24,26-27H2,1-4H3,(H,40,45)/t29-,31-/m0/s1. The molecule has 2 aromatic rings. The number of aromatic nitrogens is 2. The van der Waals surface area contributed by atoms with Crippen molar-refractivity contribution in [2.45, 2.75) is 52.2 Å². The van der Waals surface area contributed by atoms with Gasteiger partial charge in [0.15, 0.2) is 5.82 Å². The molecule has 326 valence electrons. The highest BCUT2D eigenvalue weighted by atomic mass is 31.2. The summed E-state index contributed by atoms with van der Waals surface area (Å²) >= 11 is 0. The number of hydrogen-bond donors (Lipinski definition) is 1. The zero-order valence-electron chi connectivity index (χ0n) is 34.0. The predicted molar refractivity (Wildman–Crippen MR) is 211 cm³/mol. The molecule has 0 aliphatic carbocycles. The first-order valence-corrected chi connectivity index (χ1v) is 21.4. The van der Waals surface area contributed by atoms with Gasteiger partial charge in [-0.1, -0.05) is 43.7 Å². The van der Waals surface area contributed by atoms with Gasteiger partial charge in [-0.15, -0.1) is 0 Å².